The number of hydrogen-bond donors (Lipinski definition) is 5. The summed E-state index contributed by atoms with van der Waals surface area (Å²) in [5.74, 6) is -0.162. The number of likely N-dealkylation sites (tertiary alicyclic amines) is 1. The normalized spacial score (nSPS) is 16.1. The van der Waals surface area contributed by atoms with Crippen molar-refractivity contribution in [2.45, 2.75) is 62.9 Å². The van der Waals surface area contributed by atoms with Gasteiger partial charge in [0.25, 0.3) is 0 Å². The summed E-state index contributed by atoms with van der Waals surface area (Å²) in [7, 11) is 0. The van der Waals surface area contributed by atoms with Crippen LogP contribution in [-0.4, -0.2) is 60.2 Å². The molecule has 2 atom stereocenters. The molecule has 0 unspecified atom stereocenters. The maximum Gasteiger partial charge on any atom is 0.232 e. The topological polar surface area (TPSA) is 128 Å². The van der Waals surface area contributed by atoms with Gasteiger partial charge in [0.1, 0.15) is 11.2 Å². The lowest BCUT2D eigenvalue weighted by atomic mass is 9.64. The molecule has 0 saturated carbocycles. The van der Waals surface area contributed by atoms with Crippen LogP contribution in [0.25, 0.3) is 0 Å². The highest BCUT2D eigenvalue weighted by molar-refractivity contribution is 5.91. The van der Waals surface area contributed by atoms with Crippen LogP contribution in [-0.2, 0) is 15.0 Å². The number of aromatic hydroxyl groups is 1. The van der Waals surface area contributed by atoms with Crippen LogP contribution in [0.4, 0.5) is 5.69 Å². The Morgan fingerprint density at radius 3 is 2.16 bits per heavy atom. The highest BCUT2D eigenvalue weighted by Gasteiger charge is 2.49. The second kappa shape index (κ2) is 16.9. The van der Waals surface area contributed by atoms with E-state index in [1.165, 1.54) is 31.7 Å². The van der Waals surface area contributed by atoms with E-state index in [9.17, 15) is 19.8 Å². The number of amides is 2. The van der Waals surface area contributed by atoms with E-state index in [1.54, 1.807) is 12.1 Å². The van der Waals surface area contributed by atoms with Gasteiger partial charge in [-0.05, 0) is 73.6 Å². The predicted octanol–water partition coefficient (Wildman–Crippen LogP) is 5.11. The summed E-state index contributed by atoms with van der Waals surface area (Å²) in [6.07, 6.45) is 8.95. The van der Waals surface area contributed by atoms with Gasteiger partial charge in [0.15, 0.2) is 0 Å². The molecule has 1 saturated heterocycles. The number of primary amides is 1. The first-order valence-electron chi connectivity index (χ1n) is 16.0. The van der Waals surface area contributed by atoms with Crippen molar-refractivity contribution in [2.75, 3.05) is 38.0 Å². The average Bonchev–Trinajstić information content (AvgIpc) is 3.51. The monoisotopic (exact) mass is 600 g/mol. The number of unbranched alkanes of at least 4 members (excludes halogenated alkanes) is 6. The van der Waals surface area contributed by atoms with Crippen LogP contribution in [0, 0.1) is 5.92 Å². The van der Waals surface area contributed by atoms with Crippen LogP contribution >= 0.6 is 0 Å². The van der Waals surface area contributed by atoms with Crippen LogP contribution < -0.4 is 16.4 Å². The molecule has 0 spiro atoms. The van der Waals surface area contributed by atoms with E-state index in [-0.39, 0.29) is 23.3 Å². The molecule has 1 aliphatic heterocycles. The molecular weight excluding hydrogens is 552 g/mol. The van der Waals surface area contributed by atoms with Crippen molar-refractivity contribution in [3.8, 4) is 5.75 Å². The minimum Gasteiger partial charge on any atom is -0.506 e. The number of rotatable bonds is 19. The maximum absolute atomic E-state index is 13.3. The molecule has 6 N–H and O–H groups in total. The number of nitrogens with two attached hydrogens (primary N) is 1. The van der Waals surface area contributed by atoms with Crippen molar-refractivity contribution < 1.29 is 19.8 Å². The molecule has 1 fully saturated rings. The highest BCUT2D eigenvalue weighted by Crippen LogP contribution is 2.43. The van der Waals surface area contributed by atoms with Gasteiger partial charge < -0.3 is 31.5 Å². The summed E-state index contributed by atoms with van der Waals surface area (Å²) in [6.45, 7) is 4.17. The van der Waals surface area contributed by atoms with Crippen LogP contribution in [0.5, 0.6) is 5.75 Å². The second-order valence-electron chi connectivity index (χ2n) is 11.9. The second-order valence-corrected chi connectivity index (χ2v) is 11.9. The molecule has 8 nitrogen and oxygen atoms in total. The van der Waals surface area contributed by atoms with Gasteiger partial charge in [-0.2, -0.15) is 0 Å². The van der Waals surface area contributed by atoms with Crippen LogP contribution in [0.3, 0.4) is 0 Å². The van der Waals surface area contributed by atoms with Crippen LogP contribution in [0.15, 0.2) is 78.9 Å². The molecule has 0 radical (unpaired) electrons. The number of nitrogens with one attached hydrogen (secondary N) is 2. The van der Waals surface area contributed by atoms with Crippen molar-refractivity contribution in [1.82, 2.24) is 10.2 Å². The van der Waals surface area contributed by atoms with Gasteiger partial charge in [-0.25, -0.2) is 0 Å². The molecular formula is C36H48N4O4. The molecule has 1 aliphatic rings. The fraction of sp³-hybridized carbons (Fsp3) is 0.444. The lowest BCUT2D eigenvalue weighted by Gasteiger charge is -2.37. The van der Waals surface area contributed by atoms with Crippen molar-refractivity contribution in [3.63, 3.8) is 0 Å². The number of hydrogen-bond acceptors (Lipinski definition) is 6. The smallest absolute Gasteiger partial charge is 0.232 e. The Morgan fingerprint density at radius 1 is 0.932 bits per heavy atom. The Labute approximate surface area is 261 Å². The van der Waals surface area contributed by atoms with Gasteiger partial charge in [-0.15, -0.1) is 0 Å². The number of aliphatic hydroxyl groups excluding tert-OH is 1. The Hall–Kier alpha value is -3.72. The largest absolute Gasteiger partial charge is 0.506 e. The summed E-state index contributed by atoms with van der Waals surface area (Å²) in [5, 5.41) is 25.9. The molecule has 0 aliphatic carbocycles. The number of aliphatic hydroxyl groups is 1. The molecule has 8 heteroatoms. The van der Waals surface area contributed by atoms with Crippen LogP contribution in [0.1, 0.15) is 74.2 Å². The van der Waals surface area contributed by atoms with E-state index >= 15 is 0 Å². The standard InChI is InChI=1S/C36H48N4O4/c37-35(44)36(29-14-8-6-9-15-29,30-16-10-7-11-17-30)31-20-23-40(26-31)22-13-5-3-1-2-4-12-21-38-25-34(43)28-18-19-33(42)32(24-28)39-27-41/h6-11,14-19,24,27,31,34,38,42-43H,1-5,12-13,20-23,25-26H2,(H2,37,44)(H,39,41)/t31-,34-/m1/s1. The molecule has 236 valence electrons. The summed E-state index contributed by atoms with van der Waals surface area (Å²) in [4.78, 5) is 26.4. The number of benzene rings is 3. The van der Waals surface area contributed by atoms with E-state index in [1.807, 2.05) is 60.7 Å². The Morgan fingerprint density at radius 2 is 1.55 bits per heavy atom. The molecule has 0 bridgehead atoms. The molecule has 44 heavy (non-hydrogen) atoms. The van der Waals surface area contributed by atoms with E-state index in [0.717, 1.165) is 63.0 Å². The highest BCUT2D eigenvalue weighted by atomic mass is 16.3. The van der Waals surface area contributed by atoms with Gasteiger partial charge >= 0.3 is 0 Å². The third-order valence-corrected chi connectivity index (χ3v) is 9.02. The van der Waals surface area contributed by atoms with Crippen molar-refractivity contribution in [2.24, 2.45) is 11.7 Å². The third kappa shape index (κ3) is 8.46. The summed E-state index contributed by atoms with van der Waals surface area (Å²) in [5.41, 5.74) is 8.30. The van der Waals surface area contributed by atoms with E-state index < -0.39 is 11.5 Å². The Balaban J connectivity index is 1.11. The lowest BCUT2D eigenvalue weighted by Crippen LogP contribution is -2.49. The van der Waals surface area contributed by atoms with Gasteiger partial charge in [-0.1, -0.05) is 98.8 Å². The van der Waals surface area contributed by atoms with Gasteiger partial charge in [0.05, 0.1) is 11.8 Å². The van der Waals surface area contributed by atoms with Crippen molar-refractivity contribution in [3.05, 3.63) is 95.6 Å². The molecule has 0 aromatic heterocycles. The number of carbonyl (C=O) groups is 2. The number of carbonyl (C=O) groups excluding carboxylic acids is 2. The lowest BCUT2D eigenvalue weighted by molar-refractivity contribution is -0.123. The molecule has 1 heterocycles. The number of phenolic OH excluding ortho intramolecular Hbond substituents is 1. The molecule has 3 aromatic carbocycles. The minimum absolute atomic E-state index is 0.0281. The Kier molecular flexibility index (Phi) is 12.8. The zero-order chi connectivity index (χ0) is 31.2. The molecule has 3 aromatic rings. The fourth-order valence-corrected chi connectivity index (χ4v) is 6.68. The first-order valence-corrected chi connectivity index (χ1v) is 16.0. The number of anilines is 1. The summed E-state index contributed by atoms with van der Waals surface area (Å²) < 4.78 is 0. The zero-order valence-electron chi connectivity index (χ0n) is 25.7. The first kappa shape index (κ1) is 33.2. The zero-order valence-corrected chi connectivity index (χ0v) is 25.7. The molecule has 4 rings (SSSR count). The SMILES string of the molecule is NC(=O)C(c1ccccc1)(c1ccccc1)[C@@H]1CCN(CCCCCCCCCNC[C@@H](O)c2ccc(O)c(NC=O)c2)C1. The number of nitrogens with zero attached hydrogens (tertiary/aromatic N) is 1. The predicted molar refractivity (Wildman–Crippen MR) is 175 cm³/mol. The Bertz CT molecular complexity index is 1260. The minimum atomic E-state index is -0.826. The summed E-state index contributed by atoms with van der Waals surface area (Å²) in [6, 6.07) is 24.8. The van der Waals surface area contributed by atoms with Gasteiger partial charge in [0, 0.05) is 13.1 Å². The van der Waals surface area contributed by atoms with Crippen molar-refractivity contribution in [1.29, 1.82) is 0 Å². The molecule has 2 amide bonds. The average molecular weight is 601 g/mol. The van der Waals surface area contributed by atoms with E-state index in [4.69, 9.17) is 5.73 Å². The fourth-order valence-electron chi connectivity index (χ4n) is 6.68. The summed E-state index contributed by atoms with van der Waals surface area (Å²) >= 11 is 0. The van der Waals surface area contributed by atoms with E-state index in [2.05, 4.69) is 15.5 Å². The number of phenols is 1. The van der Waals surface area contributed by atoms with Gasteiger partial charge in [0.2, 0.25) is 12.3 Å². The third-order valence-electron chi connectivity index (χ3n) is 9.02. The van der Waals surface area contributed by atoms with Gasteiger partial charge in [-0.3, -0.25) is 9.59 Å². The van der Waals surface area contributed by atoms with Crippen LogP contribution in [0.2, 0.25) is 0 Å². The van der Waals surface area contributed by atoms with E-state index in [0.29, 0.717) is 18.5 Å². The quantitative estimate of drug-likeness (QED) is 0.0740. The first-order chi connectivity index (χ1) is 21.5. The maximum atomic E-state index is 13.3. The van der Waals surface area contributed by atoms with Crippen molar-refractivity contribution >= 4 is 18.0 Å².